The van der Waals surface area contributed by atoms with Gasteiger partial charge in [0.25, 0.3) is 0 Å². The maximum Gasteiger partial charge on any atom is 0.224 e. The molecule has 4 fully saturated rings. The maximum atomic E-state index is 15.0. The van der Waals surface area contributed by atoms with Gasteiger partial charge in [-0.1, -0.05) is 198 Å². The molecule has 0 radical (unpaired) electrons. The lowest BCUT2D eigenvalue weighted by Crippen LogP contribution is -2.57. The zero-order valence-electron chi connectivity index (χ0n) is 63.1. The van der Waals surface area contributed by atoms with E-state index in [-0.39, 0.29) is 82.0 Å². The summed E-state index contributed by atoms with van der Waals surface area (Å²) in [5.41, 5.74) is 2.85. The fourth-order valence-electron chi connectivity index (χ4n) is 12.6. The minimum Gasteiger partial charge on any atom is -0.392 e. The Balaban J connectivity index is 0.000000165. The Bertz CT molecular complexity index is 4350. The molecule has 0 aliphatic heterocycles. The van der Waals surface area contributed by atoms with Crippen molar-refractivity contribution in [1.29, 1.82) is 21.0 Å². The van der Waals surface area contributed by atoms with Crippen LogP contribution in [0.15, 0.2) is 140 Å². The van der Waals surface area contributed by atoms with Crippen LogP contribution in [0, 0.1) is 67.0 Å². The van der Waals surface area contributed by atoms with Gasteiger partial charge in [-0.15, -0.1) is 0 Å². The van der Waals surface area contributed by atoms with Gasteiger partial charge in [0.05, 0.1) is 55.7 Å². The number of nitriles is 4. The minimum atomic E-state index is -1.59. The molecule has 24 nitrogen and oxygen atoms in total. The summed E-state index contributed by atoms with van der Waals surface area (Å²) in [6, 6.07) is 45.9. The monoisotopic (exact) mass is 1470 g/mol. The van der Waals surface area contributed by atoms with Crippen molar-refractivity contribution in [2.75, 3.05) is 68.7 Å². The first-order valence-corrected chi connectivity index (χ1v) is 36.5. The largest absolute Gasteiger partial charge is 0.392 e. The first-order valence-electron chi connectivity index (χ1n) is 36.1. The highest BCUT2D eigenvalue weighted by atomic mass is 35.5. The van der Waals surface area contributed by atoms with Crippen LogP contribution in [0.2, 0.25) is 5.02 Å². The van der Waals surface area contributed by atoms with Crippen LogP contribution < -0.4 is 42.5 Å². The second kappa shape index (κ2) is 34.5. The number of aromatic nitrogens is 8. The lowest BCUT2D eigenvalue weighted by atomic mass is 9.64. The highest BCUT2D eigenvalue weighted by Crippen LogP contribution is 2.46. The summed E-state index contributed by atoms with van der Waals surface area (Å²) in [5, 5.41) is 104. The predicted octanol–water partition coefficient (Wildman–Crippen LogP) is 13.4. The van der Waals surface area contributed by atoms with Crippen molar-refractivity contribution >= 4 is 58.7 Å². The van der Waals surface area contributed by atoms with E-state index in [0.717, 1.165) is 5.56 Å². The number of hydrogen-bond donors (Lipinski definition) is 12. The molecule has 0 spiro atoms. The van der Waals surface area contributed by atoms with Gasteiger partial charge in [-0.3, -0.25) is 0 Å². The fourth-order valence-corrected chi connectivity index (χ4v) is 12.8. The molecule has 26 heteroatoms. The van der Waals surface area contributed by atoms with Crippen LogP contribution in [-0.2, 0) is 11.1 Å². The summed E-state index contributed by atoms with van der Waals surface area (Å²) in [6.07, 6.45) is 7.10. The van der Waals surface area contributed by atoms with Crippen LogP contribution in [0.5, 0.6) is 0 Å². The van der Waals surface area contributed by atoms with Crippen LogP contribution >= 0.6 is 11.6 Å². The summed E-state index contributed by atoms with van der Waals surface area (Å²) in [7, 11) is 0. The van der Waals surface area contributed by atoms with E-state index in [4.69, 9.17) is 11.6 Å². The van der Waals surface area contributed by atoms with Gasteiger partial charge < -0.3 is 63.0 Å². The molecule has 0 saturated heterocycles. The number of aliphatic hydroxyl groups excluding tert-OH is 4. The molecule has 0 amide bonds. The van der Waals surface area contributed by atoms with Crippen LogP contribution in [0.1, 0.15) is 172 Å². The molecule has 12 N–H and O–H groups in total. The fraction of sp³-hybridized carbons (Fsp3) is 0.457. The summed E-state index contributed by atoms with van der Waals surface area (Å²) in [4.78, 5) is 34.7. The summed E-state index contributed by atoms with van der Waals surface area (Å²) >= 11 is 6.12. The van der Waals surface area contributed by atoms with Crippen molar-refractivity contribution in [2.45, 2.75) is 187 Å². The third-order valence-electron chi connectivity index (χ3n) is 21.9. The quantitative estimate of drug-likeness (QED) is 0.0267. The van der Waals surface area contributed by atoms with Crippen LogP contribution in [0.25, 0.3) is 0 Å². The predicted molar refractivity (Wildman–Crippen MR) is 417 cm³/mol. The zero-order chi connectivity index (χ0) is 77.7. The molecule has 4 aromatic heterocycles. The van der Waals surface area contributed by atoms with E-state index in [2.05, 4.69) is 159 Å². The smallest absolute Gasteiger partial charge is 0.224 e. The van der Waals surface area contributed by atoms with Gasteiger partial charge in [-0.05, 0) is 78.8 Å². The average Bonchev–Trinajstić information content (AvgIpc) is 0.783. The Morgan fingerprint density at radius 3 is 1.02 bits per heavy atom. The van der Waals surface area contributed by atoms with E-state index < -0.39 is 11.8 Å². The van der Waals surface area contributed by atoms with Crippen LogP contribution in [-0.4, -0.2) is 135 Å². The van der Waals surface area contributed by atoms with Gasteiger partial charge >= 0.3 is 0 Å². The van der Waals surface area contributed by atoms with Gasteiger partial charge in [0, 0.05) is 75.9 Å². The molecular formula is C81H100ClFN20O4. The number of alkyl halides is 1. The molecular weight excluding hydrogens is 1370 g/mol. The van der Waals surface area contributed by atoms with Crippen LogP contribution in [0.4, 0.5) is 51.5 Å². The second-order valence-electron chi connectivity index (χ2n) is 31.4. The van der Waals surface area contributed by atoms with Gasteiger partial charge in [-0.2, -0.15) is 41.0 Å². The van der Waals surface area contributed by atoms with E-state index in [9.17, 15) is 45.9 Å². The Morgan fingerprint density at radius 1 is 0.439 bits per heavy atom. The van der Waals surface area contributed by atoms with E-state index in [0.29, 0.717) is 131 Å². The summed E-state index contributed by atoms with van der Waals surface area (Å²) in [5.74, 6) is 4.22. The normalized spacial score (nSPS) is 21.9. The van der Waals surface area contributed by atoms with Gasteiger partial charge in [0.1, 0.15) is 75.5 Å². The number of halogens is 2. The number of nitrogens with one attached hydrogen (secondary N) is 8. The van der Waals surface area contributed by atoms with E-state index in [1.807, 2.05) is 122 Å². The molecule has 0 bridgehead atoms. The summed E-state index contributed by atoms with van der Waals surface area (Å²) in [6.45, 7) is 28.0. The first-order chi connectivity index (χ1) is 50.7. The Kier molecular flexibility index (Phi) is 26.0. The number of aliphatic hydroxyl groups is 4. The van der Waals surface area contributed by atoms with Gasteiger partial charge in [0.2, 0.25) is 23.8 Å². The Morgan fingerprint density at radius 2 is 0.729 bits per heavy atom. The molecule has 4 heterocycles. The van der Waals surface area contributed by atoms with Crippen molar-refractivity contribution in [3.8, 4) is 24.3 Å². The number of rotatable bonds is 24. The molecule has 107 heavy (non-hydrogen) atoms. The van der Waals surface area contributed by atoms with Crippen LogP contribution in [0.3, 0.4) is 0 Å². The number of hydrogen-bond acceptors (Lipinski definition) is 24. The zero-order valence-corrected chi connectivity index (χ0v) is 63.9. The van der Waals surface area contributed by atoms with Gasteiger partial charge in [0.15, 0.2) is 0 Å². The number of nitrogens with zero attached hydrogens (tertiary/aromatic N) is 12. The summed E-state index contributed by atoms with van der Waals surface area (Å²) < 4.78 is 15.0. The van der Waals surface area contributed by atoms with Crippen molar-refractivity contribution < 1.29 is 24.8 Å². The van der Waals surface area contributed by atoms with E-state index >= 15 is 0 Å². The van der Waals surface area contributed by atoms with Crippen molar-refractivity contribution in [2.24, 2.45) is 21.7 Å². The molecule has 562 valence electrons. The Labute approximate surface area is 632 Å². The van der Waals surface area contributed by atoms with Crippen molar-refractivity contribution in [1.82, 2.24) is 39.9 Å². The van der Waals surface area contributed by atoms with Crippen molar-refractivity contribution in [3.05, 3.63) is 190 Å². The highest BCUT2D eigenvalue weighted by molar-refractivity contribution is 6.30. The standard InChI is InChI=1S/C21H26ClN5O.C20H24FN5O.2C20H25N5O/c1-20(2,14-6-5-7-15(22)8-14)12-25-19-24-11-13(10-23)18(27-19)26-16-9-17(28)21(16,3)4;1-19(2)15(9-16(19)27)25-17-13(10-22)11-23-18(26-17)24-12-20(3,21)14-7-5-4-6-8-14;2*1-13(14-7-5-4-6-8-14)11-22-19-23-12-15(10-21)18(25-19)24-16-9-17(26)20(16,2)3/h5-8,11,16-17,28H,9,12H2,1-4H3,(H2,24,25,26,27);4-8,11,15-16,27H,9,12H2,1-3H3,(H2,23,24,25,26);2*4-8,12-13,16-17,26H,9,11H2,1-3H3,(H2,22,23,24,25)/t16-,17+;15-,16+,20?;13-,16+,17-;13-,16-,17+/m1101/s1. The van der Waals surface area contributed by atoms with E-state index in [1.54, 1.807) is 24.3 Å². The lowest BCUT2D eigenvalue weighted by Gasteiger charge is -2.49. The molecule has 4 aliphatic rings. The number of anilines is 8. The Hall–Kier alpha value is -10.4. The molecule has 4 aliphatic carbocycles. The molecule has 12 rings (SSSR count). The molecule has 8 aromatic rings. The first kappa shape index (κ1) is 80.7. The minimum absolute atomic E-state index is 0.00175. The molecule has 4 saturated carbocycles. The maximum absolute atomic E-state index is 15.0. The SMILES string of the molecule is CC(C)(CNc1ncc(C#N)c(N[C@@H]2C[C@H](O)C2(C)C)n1)c1cccc(Cl)c1.CC(F)(CNc1ncc(C#N)c(N[C@@H]2C[C@H](O)C2(C)C)n1)c1ccccc1.C[C@@H](CNc1ncc(C#N)c(N[C@@H]2C[C@H](O)C2(C)C)n1)c1ccccc1.C[C@H](CNc1ncc(C#N)c(N[C@@H]2C[C@H](O)C2(C)C)n1)c1ccccc1. The highest BCUT2D eigenvalue weighted by Gasteiger charge is 2.50. The second-order valence-corrected chi connectivity index (χ2v) is 31.8. The molecule has 1 unspecified atom stereocenters. The average molecular weight is 1470 g/mol. The van der Waals surface area contributed by atoms with Gasteiger partial charge in [-0.25, -0.2) is 24.3 Å². The number of benzene rings is 4. The topological polar surface area (TPSA) is 375 Å². The third-order valence-corrected chi connectivity index (χ3v) is 22.1. The van der Waals surface area contributed by atoms with E-state index in [1.165, 1.54) is 42.8 Å². The third kappa shape index (κ3) is 19.8. The molecule has 4 aromatic carbocycles. The van der Waals surface area contributed by atoms with Crippen molar-refractivity contribution in [3.63, 3.8) is 0 Å². The molecule has 11 atom stereocenters. The lowest BCUT2D eigenvalue weighted by molar-refractivity contribution is -0.0512.